The highest BCUT2D eigenvalue weighted by atomic mass is 15.2. The van der Waals surface area contributed by atoms with E-state index < -0.39 is 0 Å². The van der Waals surface area contributed by atoms with E-state index in [2.05, 4.69) is 43.3 Å². The van der Waals surface area contributed by atoms with Crippen molar-refractivity contribution in [3.63, 3.8) is 0 Å². The summed E-state index contributed by atoms with van der Waals surface area (Å²) in [6, 6.07) is 6.64. The lowest BCUT2D eigenvalue weighted by Crippen LogP contribution is -2.36. The Bertz CT molecular complexity index is 730. The minimum atomic E-state index is 0.730. The van der Waals surface area contributed by atoms with Gasteiger partial charge in [-0.25, -0.2) is 4.98 Å². The monoisotopic (exact) mass is 295 g/mol. The molecule has 0 bridgehead atoms. The summed E-state index contributed by atoms with van der Waals surface area (Å²) in [7, 11) is 0. The van der Waals surface area contributed by atoms with Crippen LogP contribution >= 0.6 is 0 Å². The number of piperidine rings is 1. The molecule has 0 aliphatic carbocycles. The Balaban J connectivity index is 1.41. The molecular formula is C17H21N5. The molecule has 1 aliphatic heterocycles. The SMILES string of the molecule is c1c[nH]c(CN2CCC[C@H](Cc3ccc4[nH]ncc4c3)C2)n1. The fourth-order valence-electron chi connectivity index (χ4n) is 3.51. The molecule has 1 aliphatic rings. The third-order valence-corrected chi connectivity index (χ3v) is 4.56. The van der Waals surface area contributed by atoms with E-state index in [-0.39, 0.29) is 0 Å². The van der Waals surface area contributed by atoms with Gasteiger partial charge in [-0.2, -0.15) is 5.10 Å². The van der Waals surface area contributed by atoms with Crippen LogP contribution in [0.25, 0.3) is 10.9 Å². The predicted octanol–water partition coefficient (Wildman–Crippen LogP) is 2.74. The van der Waals surface area contributed by atoms with Gasteiger partial charge in [0.15, 0.2) is 0 Å². The molecule has 0 unspecified atom stereocenters. The summed E-state index contributed by atoms with van der Waals surface area (Å²) < 4.78 is 0. The number of aromatic nitrogens is 4. The maximum absolute atomic E-state index is 4.34. The smallest absolute Gasteiger partial charge is 0.120 e. The molecule has 0 saturated carbocycles. The molecule has 0 radical (unpaired) electrons. The zero-order chi connectivity index (χ0) is 14.8. The number of aromatic amines is 2. The van der Waals surface area contributed by atoms with Crippen molar-refractivity contribution in [2.24, 2.45) is 5.92 Å². The Morgan fingerprint density at radius 1 is 1.32 bits per heavy atom. The highest BCUT2D eigenvalue weighted by Gasteiger charge is 2.20. The number of H-pyrrole nitrogens is 2. The van der Waals surface area contributed by atoms with Gasteiger partial charge in [0, 0.05) is 24.3 Å². The van der Waals surface area contributed by atoms with Crippen LogP contribution in [0.4, 0.5) is 0 Å². The molecule has 22 heavy (non-hydrogen) atoms. The first-order chi connectivity index (χ1) is 10.9. The summed E-state index contributed by atoms with van der Waals surface area (Å²) in [5.41, 5.74) is 2.53. The van der Waals surface area contributed by atoms with E-state index >= 15 is 0 Å². The van der Waals surface area contributed by atoms with Crippen LogP contribution in [0.5, 0.6) is 0 Å². The van der Waals surface area contributed by atoms with Crippen molar-refractivity contribution in [3.05, 3.63) is 48.2 Å². The summed E-state index contributed by atoms with van der Waals surface area (Å²) >= 11 is 0. The van der Waals surface area contributed by atoms with Crippen LogP contribution in [0.1, 0.15) is 24.2 Å². The van der Waals surface area contributed by atoms with Crippen LogP contribution in [-0.2, 0) is 13.0 Å². The third-order valence-electron chi connectivity index (χ3n) is 4.56. The van der Waals surface area contributed by atoms with Crippen molar-refractivity contribution in [1.29, 1.82) is 0 Å². The maximum atomic E-state index is 4.34. The minimum Gasteiger partial charge on any atom is -0.348 e. The van der Waals surface area contributed by atoms with Crippen LogP contribution < -0.4 is 0 Å². The first-order valence-corrected chi connectivity index (χ1v) is 7.99. The lowest BCUT2D eigenvalue weighted by Gasteiger charge is -2.32. The summed E-state index contributed by atoms with van der Waals surface area (Å²) in [6.45, 7) is 3.27. The fraction of sp³-hybridized carbons (Fsp3) is 0.412. The Morgan fingerprint density at radius 2 is 2.32 bits per heavy atom. The fourth-order valence-corrected chi connectivity index (χ4v) is 3.51. The van der Waals surface area contributed by atoms with E-state index in [9.17, 15) is 0 Å². The summed E-state index contributed by atoms with van der Waals surface area (Å²) in [6.07, 6.45) is 9.38. The maximum Gasteiger partial charge on any atom is 0.120 e. The average Bonchev–Trinajstić information content (AvgIpc) is 3.18. The zero-order valence-electron chi connectivity index (χ0n) is 12.6. The number of hydrogen-bond donors (Lipinski definition) is 2. The van der Waals surface area contributed by atoms with Crippen LogP contribution in [0.3, 0.4) is 0 Å². The molecule has 0 amide bonds. The molecule has 1 saturated heterocycles. The quantitative estimate of drug-likeness (QED) is 0.778. The number of rotatable bonds is 4. The van der Waals surface area contributed by atoms with Crippen LogP contribution in [0.2, 0.25) is 0 Å². The Hall–Kier alpha value is -2.14. The normalized spacial score (nSPS) is 19.7. The van der Waals surface area contributed by atoms with Gasteiger partial charge in [0.25, 0.3) is 0 Å². The van der Waals surface area contributed by atoms with Gasteiger partial charge in [-0.1, -0.05) is 6.07 Å². The molecule has 2 N–H and O–H groups in total. The molecule has 3 heterocycles. The second kappa shape index (κ2) is 5.93. The van der Waals surface area contributed by atoms with Gasteiger partial charge >= 0.3 is 0 Å². The predicted molar refractivity (Wildman–Crippen MR) is 86.4 cm³/mol. The van der Waals surface area contributed by atoms with Crippen molar-refractivity contribution in [1.82, 2.24) is 25.1 Å². The molecule has 3 aromatic rings. The van der Waals surface area contributed by atoms with Gasteiger partial charge in [-0.3, -0.25) is 10.00 Å². The second-order valence-electron chi connectivity index (χ2n) is 6.27. The Kier molecular flexibility index (Phi) is 3.64. The number of imidazole rings is 1. The molecule has 5 heteroatoms. The van der Waals surface area contributed by atoms with Crippen molar-refractivity contribution < 1.29 is 0 Å². The van der Waals surface area contributed by atoms with Crippen molar-refractivity contribution in [2.75, 3.05) is 13.1 Å². The number of hydrogen-bond acceptors (Lipinski definition) is 3. The first-order valence-electron chi connectivity index (χ1n) is 7.99. The molecular weight excluding hydrogens is 274 g/mol. The first kappa shape index (κ1) is 13.5. The topological polar surface area (TPSA) is 60.6 Å². The van der Waals surface area contributed by atoms with Gasteiger partial charge in [0.1, 0.15) is 5.82 Å². The largest absolute Gasteiger partial charge is 0.348 e. The summed E-state index contributed by atoms with van der Waals surface area (Å²) in [5.74, 6) is 1.80. The van der Waals surface area contributed by atoms with Gasteiger partial charge in [-0.15, -0.1) is 0 Å². The number of nitrogens with one attached hydrogen (secondary N) is 2. The van der Waals surface area contributed by atoms with E-state index in [1.54, 1.807) is 0 Å². The van der Waals surface area contributed by atoms with Gasteiger partial charge in [0.2, 0.25) is 0 Å². The molecule has 1 fully saturated rings. The van der Waals surface area contributed by atoms with Crippen LogP contribution in [-0.4, -0.2) is 38.2 Å². The highest BCUT2D eigenvalue weighted by Crippen LogP contribution is 2.23. The summed E-state index contributed by atoms with van der Waals surface area (Å²) in [5, 5.41) is 8.32. The second-order valence-corrected chi connectivity index (χ2v) is 6.27. The van der Waals surface area contributed by atoms with E-state index in [1.165, 1.54) is 30.3 Å². The molecule has 4 rings (SSSR count). The standard InChI is InChI=1S/C17H21N5/c1-2-14(11-22(7-1)12-17-18-5-6-19-17)8-13-3-4-16-15(9-13)10-20-21-16/h3-6,9-10,14H,1-2,7-8,11-12H2,(H,18,19)(H,20,21)/t14-/m1/s1. The third kappa shape index (κ3) is 2.90. The van der Waals surface area contributed by atoms with Crippen LogP contribution in [0.15, 0.2) is 36.8 Å². The number of benzene rings is 1. The molecule has 1 atom stereocenters. The van der Waals surface area contributed by atoms with Gasteiger partial charge in [-0.05, 0) is 49.4 Å². The van der Waals surface area contributed by atoms with E-state index in [1.807, 2.05) is 18.6 Å². The van der Waals surface area contributed by atoms with Gasteiger partial charge < -0.3 is 4.98 Å². The molecule has 2 aromatic heterocycles. The molecule has 5 nitrogen and oxygen atoms in total. The van der Waals surface area contributed by atoms with Crippen LogP contribution in [0, 0.1) is 5.92 Å². The number of nitrogens with zero attached hydrogens (tertiary/aromatic N) is 3. The number of likely N-dealkylation sites (tertiary alicyclic amines) is 1. The van der Waals surface area contributed by atoms with Crippen molar-refractivity contribution >= 4 is 10.9 Å². The lowest BCUT2D eigenvalue weighted by molar-refractivity contribution is 0.164. The Morgan fingerprint density at radius 3 is 3.23 bits per heavy atom. The number of fused-ring (bicyclic) bond motifs is 1. The minimum absolute atomic E-state index is 0.730. The van der Waals surface area contributed by atoms with E-state index in [0.29, 0.717) is 0 Å². The molecule has 0 spiro atoms. The van der Waals surface area contributed by atoms with E-state index in [0.717, 1.165) is 36.8 Å². The van der Waals surface area contributed by atoms with Gasteiger partial charge in [0.05, 0.1) is 18.3 Å². The van der Waals surface area contributed by atoms with E-state index in [4.69, 9.17) is 0 Å². The highest BCUT2D eigenvalue weighted by molar-refractivity contribution is 5.78. The molecule has 114 valence electrons. The lowest BCUT2D eigenvalue weighted by atomic mass is 9.91. The zero-order valence-corrected chi connectivity index (χ0v) is 12.6. The molecule has 1 aromatic carbocycles. The average molecular weight is 295 g/mol. The van der Waals surface area contributed by atoms with Crippen molar-refractivity contribution in [3.8, 4) is 0 Å². The van der Waals surface area contributed by atoms with Crippen molar-refractivity contribution in [2.45, 2.75) is 25.8 Å². The Labute approximate surface area is 129 Å². The summed E-state index contributed by atoms with van der Waals surface area (Å²) in [4.78, 5) is 10.1.